The highest BCUT2D eigenvalue weighted by molar-refractivity contribution is 5.39. The Kier molecular flexibility index (Phi) is 4.22. The Morgan fingerprint density at radius 2 is 2.15 bits per heavy atom. The molecule has 0 N–H and O–H groups in total. The molecule has 0 saturated carbocycles. The first-order chi connectivity index (χ1) is 12.4. The van der Waals surface area contributed by atoms with Crippen LogP contribution in [-0.4, -0.2) is 37.4 Å². The van der Waals surface area contributed by atoms with E-state index in [1.54, 1.807) is 10.8 Å². The van der Waals surface area contributed by atoms with Crippen molar-refractivity contribution in [2.75, 3.05) is 13.6 Å². The van der Waals surface area contributed by atoms with E-state index in [1.807, 2.05) is 25.4 Å². The fourth-order valence-electron chi connectivity index (χ4n) is 3.72. The van der Waals surface area contributed by atoms with Crippen LogP contribution >= 0.6 is 0 Å². The molecule has 3 aromatic heterocycles. The third-order valence-electron chi connectivity index (χ3n) is 4.90. The second kappa shape index (κ2) is 6.42. The Morgan fingerprint density at radius 3 is 2.96 bits per heavy atom. The molecule has 5 nitrogen and oxygen atoms in total. The first kappa shape index (κ1) is 17.1. The van der Waals surface area contributed by atoms with E-state index >= 15 is 0 Å². The third kappa shape index (κ3) is 3.33. The molecule has 1 unspecified atom stereocenters. The van der Waals surface area contributed by atoms with Crippen molar-refractivity contribution in [2.24, 2.45) is 5.92 Å². The average Bonchev–Trinajstić information content (AvgIpc) is 3.20. The number of aromatic nitrogens is 4. The molecular weight excluding hydrogens is 343 g/mol. The fraction of sp³-hybridized carbons (Fsp3) is 0.444. The number of fused-ring (bicyclic) bond motifs is 2. The van der Waals surface area contributed by atoms with Crippen LogP contribution in [0.1, 0.15) is 23.6 Å². The minimum atomic E-state index is -4.37. The smallest absolute Gasteiger partial charge is 0.334 e. The Bertz CT molecular complexity index is 911. The van der Waals surface area contributed by atoms with Crippen molar-refractivity contribution in [1.82, 2.24) is 23.8 Å². The molecule has 1 aliphatic heterocycles. The lowest BCUT2D eigenvalue weighted by molar-refractivity contribution is -0.141. The molecule has 0 amide bonds. The number of pyridine rings is 1. The lowest BCUT2D eigenvalue weighted by Gasteiger charge is -2.28. The fourth-order valence-corrected chi connectivity index (χ4v) is 3.72. The van der Waals surface area contributed by atoms with Gasteiger partial charge in [0, 0.05) is 50.3 Å². The zero-order valence-corrected chi connectivity index (χ0v) is 14.4. The topological polar surface area (TPSA) is 38.4 Å². The molecule has 138 valence electrons. The zero-order valence-electron chi connectivity index (χ0n) is 14.4. The highest BCUT2D eigenvalue weighted by Gasteiger charge is 2.35. The predicted molar refractivity (Wildman–Crippen MR) is 90.6 cm³/mol. The van der Waals surface area contributed by atoms with E-state index in [2.05, 4.69) is 25.3 Å². The highest BCUT2D eigenvalue weighted by atomic mass is 19.4. The van der Waals surface area contributed by atoms with Crippen LogP contribution in [0.3, 0.4) is 0 Å². The SMILES string of the molecule is CN(Cc1cccc2nccn12)CC1CCc2nc(C(F)(F)F)cn2C1. The summed E-state index contributed by atoms with van der Waals surface area (Å²) in [5, 5.41) is 0. The Labute approximate surface area is 149 Å². The molecule has 0 aliphatic carbocycles. The van der Waals surface area contributed by atoms with Gasteiger partial charge in [0.25, 0.3) is 0 Å². The zero-order chi connectivity index (χ0) is 18.3. The minimum Gasteiger partial charge on any atom is -0.334 e. The highest BCUT2D eigenvalue weighted by Crippen LogP contribution is 2.30. The number of aryl methyl sites for hydroxylation is 1. The van der Waals surface area contributed by atoms with Crippen molar-refractivity contribution >= 4 is 5.65 Å². The lowest BCUT2D eigenvalue weighted by Crippen LogP contribution is -2.31. The van der Waals surface area contributed by atoms with Gasteiger partial charge in [0.05, 0.1) is 0 Å². The van der Waals surface area contributed by atoms with E-state index in [-0.39, 0.29) is 0 Å². The van der Waals surface area contributed by atoms with Crippen LogP contribution < -0.4 is 0 Å². The second-order valence-corrected chi connectivity index (χ2v) is 6.97. The molecule has 1 atom stereocenters. The second-order valence-electron chi connectivity index (χ2n) is 6.97. The number of alkyl halides is 3. The van der Waals surface area contributed by atoms with Crippen LogP contribution in [0.15, 0.2) is 36.8 Å². The molecule has 8 heteroatoms. The van der Waals surface area contributed by atoms with E-state index in [4.69, 9.17) is 0 Å². The van der Waals surface area contributed by atoms with E-state index in [0.717, 1.165) is 37.0 Å². The van der Waals surface area contributed by atoms with E-state index in [1.165, 1.54) is 0 Å². The number of hydrogen-bond donors (Lipinski definition) is 0. The average molecular weight is 363 g/mol. The number of imidazole rings is 2. The summed E-state index contributed by atoms with van der Waals surface area (Å²) < 4.78 is 42.2. The molecule has 0 bridgehead atoms. The molecule has 0 aromatic carbocycles. The first-order valence-corrected chi connectivity index (χ1v) is 8.63. The van der Waals surface area contributed by atoms with Crippen LogP contribution in [0, 0.1) is 5.92 Å². The summed E-state index contributed by atoms with van der Waals surface area (Å²) in [4.78, 5) is 10.3. The Balaban J connectivity index is 1.42. The van der Waals surface area contributed by atoms with Gasteiger partial charge in [-0.15, -0.1) is 0 Å². The molecule has 3 aromatic rings. The van der Waals surface area contributed by atoms with E-state index in [9.17, 15) is 13.2 Å². The van der Waals surface area contributed by atoms with Gasteiger partial charge >= 0.3 is 6.18 Å². The summed E-state index contributed by atoms with van der Waals surface area (Å²) in [6.07, 6.45) is 1.93. The van der Waals surface area contributed by atoms with Gasteiger partial charge in [0.2, 0.25) is 0 Å². The van der Waals surface area contributed by atoms with Crippen molar-refractivity contribution in [2.45, 2.75) is 32.1 Å². The molecule has 1 aliphatic rings. The standard InChI is InChI=1S/C18H20F3N5/c1-24(11-14-3-2-4-16-22-7-8-26(14)16)9-13-5-6-17-23-15(18(19,20)21)12-25(17)10-13/h2-4,7-8,12-13H,5-6,9-11H2,1H3. The number of nitrogens with zero attached hydrogens (tertiary/aromatic N) is 5. The summed E-state index contributed by atoms with van der Waals surface area (Å²) in [6.45, 7) is 2.16. The quantitative estimate of drug-likeness (QED) is 0.714. The molecule has 4 rings (SSSR count). The van der Waals surface area contributed by atoms with E-state index in [0.29, 0.717) is 24.7 Å². The molecular formula is C18H20F3N5. The molecule has 0 fully saturated rings. The predicted octanol–water partition coefficient (Wildman–Crippen LogP) is 3.24. The summed E-state index contributed by atoms with van der Waals surface area (Å²) in [6, 6.07) is 6.02. The van der Waals surface area contributed by atoms with Crippen molar-refractivity contribution in [3.63, 3.8) is 0 Å². The van der Waals surface area contributed by atoms with Gasteiger partial charge in [0.1, 0.15) is 11.5 Å². The number of rotatable bonds is 4. The van der Waals surface area contributed by atoms with Gasteiger partial charge in [-0.1, -0.05) is 6.07 Å². The minimum absolute atomic E-state index is 0.310. The summed E-state index contributed by atoms with van der Waals surface area (Å²) in [7, 11) is 2.04. The molecule has 4 heterocycles. The summed E-state index contributed by atoms with van der Waals surface area (Å²) in [5.74, 6) is 0.851. The Hall–Kier alpha value is -2.35. The first-order valence-electron chi connectivity index (χ1n) is 8.63. The largest absolute Gasteiger partial charge is 0.434 e. The normalized spacial score (nSPS) is 17.8. The number of hydrogen-bond acceptors (Lipinski definition) is 3. The number of halogens is 3. The van der Waals surface area contributed by atoms with Gasteiger partial charge in [-0.2, -0.15) is 13.2 Å². The van der Waals surface area contributed by atoms with Crippen LogP contribution in [0.5, 0.6) is 0 Å². The maximum absolute atomic E-state index is 12.8. The van der Waals surface area contributed by atoms with Crippen LogP contribution in [0.2, 0.25) is 0 Å². The maximum atomic E-state index is 12.8. The van der Waals surface area contributed by atoms with Crippen LogP contribution in [0.4, 0.5) is 13.2 Å². The lowest BCUT2D eigenvalue weighted by atomic mass is 9.99. The molecule has 0 spiro atoms. The molecule has 0 saturated heterocycles. The Morgan fingerprint density at radius 1 is 1.31 bits per heavy atom. The monoisotopic (exact) mass is 363 g/mol. The van der Waals surface area contributed by atoms with Crippen LogP contribution in [-0.2, 0) is 25.7 Å². The van der Waals surface area contributed by atoms with Gasteiger partial charge in [-0.05, 0) is 31.5 Å². The van der Waals surface area contributed by atoms with Crippen LogP contribution in [0.25, 0.3) is 5.65 Å². The van der Waals surface area contributed by atoms with Gasteiger partial charge in [-0.25, -0.2) is 9.97 Å². The van der Waals surface area contributed by atoms with Crippen molar-refractivity contribution in [3.8, 4) is 0 Å². The molecule has 0 radical (unpaired) electrons. The van der Waals surface area contributed by atoms with Crippen molar-refractivity contribution in [1.29, 1.82) is 0 Å². The van der Waals surface area contributed by atoms with Crippen molar-refractivity contribution < 1.29 is 13.2 Å². The summed E-state index contributed by atoms with van der Waals surface area (Å²) >= 11 is 0. The maximum Gasteiger partial charge on any atom is 0.434 e. The van der Waals surface area contributed by atoms with Gasteiger partial charge < -0.3 is 13.9 Å². The van der Waals surface area contributed by atoms with Gasteiger partial charge in [0.15, 0.2) is 5.69 Å². The molecule has 26 heavy (non-hydrogen) atoms. The van der Waals surface area contributed by atoms with Crippen molar-refractivity contribution in [3.05, 3.63) is 54.0 Å². The summed E-state index contributed by atoms with van der Waals surface area (Å²) in [5.41, 5.74) is 1.27. The third-order valence-corrected chi connectivity index (χ3v) is 4.90. The van der Waals surface area contributed by atoms with E-state index < -0.39 is 11.9 Å². The van der Waals surface area contributed by atoms with Gasteiger partial charge in [-0.3, -0.25) is 0 Å².